The molecule has 1 amide bonds. The summed E-state index contributed by atoms with van der Waals surface area (Å²) in [5, 5.41) is 5.75. The van der Waals surface area contributed by atoms with Crippen LogP contribution in [0.15, 0.2) is 5.38 Å². The van der Waals surface area contributed by atoms with E-state index >= 15 is 0 Å². The molecule has 2 aromatic rings. The molecular formula is C12H16N4OS2. The molecule has 0 unspecified atom stereocenters. The Morgan fingerprint density at radius 2 is 2.05 bits per heavy atom. The largest absolute Gasteiger partial charge is 0.375 e. The first-order valence-electron chi connectivity index (χ1n) is 5.77. The van der Waals surface area contributed by atoms with Crippen molar-refractivity contribution in [3.63, 3.8) is 0 Å². The SMILES string of the molecule is Cc1nc(N)sc1C(=O)Nc1nc(C(C)(C)C)cs1. The van der Waals surface area contributed by atoms with Gasteiger partial charge in [-0.15, -0.1) is 11.3 Å². The monoisotopic (exact) mass is 296 g/mol. The van der Waals surface area contributed by atoms with Crippen molar-refractivity contribution in [3.8, 4) is 0 Å². The zero-order chi connectivity index (χ0) is 14.2. The number of thiazole rings is 2. The Labute approximate surface area is 119 Å². The number of amides is 1. The maximum absolute atomic E-state index is 12.1. The second-order valence-corrected chi connectivity index (χ2v) is 7.10. The van der Waals surface area contributed by atoms with Crippen molar-refractivity contribution < 1.29 is 4.79 Å². The van der Waals surface area contributed by atoms with Crippen LogP contribution in [0.4, 0.5) is 10.3 Å². The first-order chi connectivity index (χ1) is 8.77. The van der Waals surface area contributed by atoms with Gasteiger partial charge in [0.15, 0.2) is 10.3 Å². The molecule has 2 heterocycles. The van der Waals surface area contributed by atoms with Crippen molar-refractivity contribution >= 4 is 38.8 Å². The highest BCUT2D eigenvalue weighted by molar-refractivity contribution is 7.17. The van der Waals surface area contributed by atoms with Crippen LogP contribution < -0.4 is 11.1 Å². The molecule has 0 aliphatic carbocycles. The predicted octanol–water partition coefficient (Wildman–Crippen LogP) is 3.04. The number of carbonyl (C=O) groups is 1. The van der Waals surface area contributed by atoms with Gasteiger partial charge in [-0.1, -0.05) is 32.1 Å². The minimum absolute atomic E-state index is 0.0235. The molecule has 0 aromatic carbocycles. The Bertz CT molecular complexity index is 610. The van der Waals surface area contributed by atoms with Gasteiger partial charge < -0.3 is 5.73 Å². The zero-order valence-corrected chi connectivity index (χ0v) is 12.9. The summed E-state index contributed by atoms with van der Waals surface area (Å²) in [6.45, 7) is 8.02. The second-order valence-electron chi connectivity index (χ2n) is 5.21. The lowest BCUT2D eigenvalue weighted by Crippen LogP contribution is -2.14. The maximum Gasteiger partial charge on any atom is 0.269 e. The van der Waals surface area contributed by atoms with Crippen LogP contribution in [-0.2, 0) is 5.41 Å². The van der Waals surface area contributed by atoms with E-state index in [0.717, 1.165) is 5.69 Å². The zero-order valence-electron chi connectivity index (χ0n) is 11.3. The highest BCUT2D eigenvalue weighted by Crippen LogP contribution is 2.27. The Balaban J connectivity index is 2.16. The van der Waals surface area contributed by atoms with Crippen LogP contribution >= 0.6 is 22.7 Å². The number of nitrogens with one attached hydrogen (secondary N) is 1. The normalized spacial score (nSPS) is 11.6. The third-order valence-electron chi connectivity index (χ3n) is 2.51. The van der Waals surface area contributed by atoms with Crippen LogP contribution in [-0.4, -0.2) is 15.9 Å². The third-order valence-corrected chi connectivity index (χ3v) is 4.26. The Kier molecular flexibility index (Phi) is 3.60. The van der Waals surface area contributed by atoms with Gasteiger partial charge in [-0.2, -0.15) is 0 Å². The number of hydrogen-bond donors (Lipinski definition) is 2. The second kappa shape index (κ2) is 4.90. The van der Waals surface area contributed by atoms with Crippen molar-refractivity contribution in [2.75, 3.05) is 11.1 Å². The summed E-state index contributed by atoms with van der Waals surface area (Å²) in [6, 6.07) is 0. The highest BCUT2D eigenvalue weighted by atomic mass is 32.1. The van der Waals surface area contributed by atoms with E-state index in [2.05, 4.69) is 36.1 Å². The molecule has 0 spiro atoms. The summed E-state index contributed by atoms with van der Waals surface area (Å²) >= 11 is 2.61. The molecular weight excluding hydrogens is 280 g/mol. The average Bonchev–Trinajstić information content (AvgIpc) is 2.84. The van der Waals surface area contributed by atoms with Gasteiger partial charge in [-0.25, -0.2) is 9.97 Å². The lowest BCUT2D eigenvalue weighted by atomic mass is 9.93. The predicted molar refractivity (Wildman–Crippen MR) is 80.0 cm³/mol. The van der Waals surface area contributed by atoms with Gasteiger partial charge in [-0.3, -0.25) is 10.1 Å². The summed E-state index contributed by atoms with van der Waals surface area (Å²) in [7, 11) is 0. The van der Waals surface area contributed by atoms with Crippen molar-refractivity contribution in [2.45, 2.75) is 33.1 Å². The van der Waals surface area contributed by atoms with Crippen molar-refractivity contribution in [1.82, 2.24) is 9.97 Å². The molecule has 0 fully saturated rings. The maximum atomic E-state index is 12.1. The fourth-order valence-electron chi connectivity index (χ4n) is 1.46. The summed E-state index contributed by atoms with van der Waals surface area (Å²) in [6.07, 6.45) is 0. The average molecular weight is 296 g/mol. The fraction of sp³-hybridized carbons (Fsp3) is 0.417. The standard InChI is InChI=1S/C12H16N4OS2/c1-6-8(19-10(13)14-6)9(17)16-11-15-7(5-18-11)12(2,3)4/h5H,1-4H3,(H2,13,14)(H,15,16,17). The summed E-state index contributed by atoms with van der Waals surface area (Å²) in [5.74, 6) is -0.207. The van der Waals surface area contributed by atoms with Crippen LogP contribution in [0.2, 0.25) is 0 Å². The smallest absolute Gasteiger partial charge is 0.269 e. The molecule has 0 aliphatic heterocycles. The van der Waals surface area contributed by atoms with Gasteiger partial charge in [0.05, 0.1) is 11.4 Å². The summed E-state index contributed by atoms with van der Waals surface area (Å²) < 4.78 is 0. The topological polar surface area (TPSA) is 80.9 Å². The molecule has 0 aliphatic rings. The molecule has 2 aromatic heterocycles. The molecule has 0 saturated heterocycles. The molecule has 0 atom stereocenters. The van der Waals surface area contributed by atoms with Crippen LogP contribution in [0.1, 0.15) is 41.8 Å². The lowest BCUT2D eigenvalue weighted by Gasteiger charge is -2.14. The molecule has 0 radical (unpaired) electrons. The molecule has 0 bridgehead atoms. The van der Waals surface area contributed by atoms with Crippen molar-refractivity contribution in [2.24, 2.45) is 0 Å². The quantitative estimate of drug-likeness (QED) is 0.892. The first-order valence-corrected chi connectivity index (χ1v) is 7.47. The van der Waals surface area contributed by atoms with Crippen LogP contribution in [0.25, 0.3) is 0 Å². The Hall–Kier alpha value is -1.47. The van der Waals surface area contributed by atoms with Crippen LogP contribution in [0.3, 0.4) is 0 Å². The van der Waals surface area contributed by atoms with Gasteiger partial charge in [0.1, 0.15) is 4.88 Å². The summed E-state index contributed by atoms with van der Waals surface area (Å²) in [5.41, 5.74) is 7.17. The van der Waals surface area contributed by atoms with E-state index in [1.807, 2.05) is 5.38 Å². The number of aryl methyl sites for hydroxylation is 1. The van der Waals surface area contributed by atoms with Gasteiger partial charge in [0.25, 0.3) is 5.91 Å². The Morgan fingerprint density at radius 3 is 2.53 bits per heavy atom. The van der Waals surface area contributed by atoms with E-state index in [4.69, 9.17) is 5.73 Å². The van der Waals surface area contributed by atoms with E-state index in [0.29, 0.717) is 20.8 Å². The van der Waals surface area contributed by atoms with Crippen LogP contribution in [0, 0.1) is 6.92 Å². The molecule has 3 N–H and O–H groups in total. The third kappa shape index (κ3) is 3.10. The minimum Gasteiger partial charge on any atom is -0.375 e. The number of nitrogens with zero attached hydrogens (tertiary/aromatic N) is 2. The number of nitrogen functional groups attached to an aromatic ring is 1. The minimum atomic E-state index is -0.207. The lowest BCUT2D eigenvalue weighted by molar-refractivity contribution is 0.102. The molecule has 0 saturated carbocycles. The van der Waals surface area contributed by atoms with E-state index in [9.17, 15) is 4.79 Å². The van der Waals surface area contributed by atoms with Gasteiger partial charge in [-0.05, 0) is 6.92 Å². The number of anilines is 2. The number of carbonyl (C=O) groups excluding carboxylic acids is 1. The fourth-order valence-corrected chi connectivity index (χ4v) is 3.12. The molecule has 2 rings (SSSR count). The molecule has 5 nitrogen and oxygen atoms in total. The van der Waals surface area contributed by atoms with E-state index in [1.54, 1.807) is 6.92 Å². The summed E-state index contributed by atoms with van der Waals surface area (Å²) in [4.78, 5) is 21.1. The van der Waals surface area contributed by atoms with Crippen LogP contribution in [0.5, 0.6) is 0 Å². The van der Waals surface area contributed by atoms with Gasteiger partial charge >= 0.3 is 0 Å². The van der Waals surface area contributed by atoms with Crippen molar-refractivity contribution in [1.29, 1.82) is 0 Å². The number of rotatable bonds is 2. The van der Waals surface area contributed by atoms with E-state index in [1.165, 1.54) is 22.7 Å². The van der Waals surface area contributed by atoms with E-state index < -0.39 is 0 Å². The number of nitrogens with two attached hydrogens (primary N) is 1. The van der Waals surface area contributed by atoms with Gasteiger partial charge in [0, 0.05) is 10.8 Å². The first kappa shape index (κ1) is 14.0. The number of hydrogen-bond acceptors (Lipinski definition) is 6. The Morgan fingerprint density at radius 1 is 1.37 bits per heavy atom. The van der Waals surface area contributed by atoms with Gasteiger partial charge in [0.2, 0.25) is 0 Å². The highest BCUT2D eigenvalue weighted by Gasteiger charge is 2.19. The van der Waals surface area contributed by atoms with Crippen molar-refractivity contribution in [3.05, 3.63) is 21.6 Å². The molecule has 19 heavy (non-hydrogen) atoms. The molecule has 7 heteroatoms. The van der Waals surface area contributed by atoms with E-state index in [-0.39, 0.29) is 11.3 Å². The number of aromatic nitrogens is 2. The molecule has 102 valence electrons.